The normalized spacial score (nSPS) is 12.6. The first-order valence-corrected chi connectivity index (χ1v) is 8.12. The van der Waals surface area contributed by atoms with Crippen molar-refractivity contribution in [3.63, 3.8) is 0 Å². The highest BCUT2D eigenvalue weighted by Gasteiger charge is 2.27. The maximum Gasteiger partial charge on any atom is 0.240 e. The third-order valence-corrected chi connectivity index (χ3v) is 5.46. The van der Waals surface area contributed by atoms with E-state index in [4.69, 9.17) is 11.6 Å². The molecule has 1 aromatic carbocycles. The number of sulfonamides is 1. The molecule has 1 aromatic rings. The molecular formula is C13H20ClNO2S. The van der Waals surface area contributed by atoms with Crippen LogP contribution in [0.15, 0.2) is 35.2 Å². The molecule has 0 aromatic heterocycles. The molecule has 18 heavy (non-hydrogen) atoms. The maximum atomic E-state index is 12.1. The number of halogens is 1. The number of nitrogens with one attached hydrogen (secondary N) is 1. The minimum atomic E-state index is -3.43. The van der Waals surface area contributed by atoms with Gasteiger partial charge in [0.2, 0.25) is 10.0 Å². The van der Waals surface area contributed by atoms with E-state index in [0.717, 1.165) is 12.8 Å². The van der Waals surface area contributed by atoms with Gasteiger partial charge in [0.25, 0.3) is 0 Å². The molecule has 0 aliphatic rings. The molecule has 1 rings (SSSR count). The molecule has 0 aliphatic heterocycles. The summed E-state index contributed by atoms with van der Waals surface area (Å²) in [5.74, 6) is 0.456. The van der Waals surface area contributed by atoms with E-state index in [0.29, 0.717) is 17.3 Å². The molecule has 0 radical (unpaired) electrons. The molecule has 0 saturated carbocycles. The number of rotatable bonds is 7. The first kappa shape index (κ1) is 15.5. The van der Waals surface area contributed by atoms with Crippen LogP contribution in [0.25, 0.3) is 0 Å². The Labute approximate surface area is 115 Å². The van der Waals surface area contributed by atoms with Crippen molar-refractivity contribution in [1.82, 2.24) is 4.72 Å². The zero-order valence-electron chi connectivity index (χ0n) is 10.8. The van der Waals surface area contributed by atoms with Crippen LogP contribution < -0.4 is 4.72 Å². The van der Waals surface area contributed by atoms with Gasteiger partial charge < -0.3 is 0 Å². The Balaban J connectivity index is 2.79. The molecule has 0 heterocycles. The van der Waals surface area contributed by atoms with Crippen LogP contribution in [-0.4, -0.2) is 20.8 Å². The third-order valence-electron chi connectivity index (χ3n) is 3.47. The number of hydrogen-bond acceptors (Lipinski definition) is 2. The van der Waals surface area contributed by atoms with Gasteiger partial charge in [-0.1, -0.05) is 32.0 Å². The molecule has 0 aliphatic carbocycles. The monoisotopic (exact) mass is 289 g/mol. The van der Waals surface area contributed by atoms with E-state index in [1.54, 1.807) is 30.3 Å². The lowest BCUT2D eigenvalue weighted by Crippen LogP contribution is -2.38. The van der Waals surface area contributed by atoms with E-state index in [9.17, 15) is 8.42 Å². The second-order valence-corrected chi connectivity index (χ2v) is 6.51. The number of hydrogen-bond donors (Lipinski definition) is 1. The predicted octanol–water partition coefficient (Wildman–Crippen LogP) is 3.01. The number of benzene rings is 1. The van der Waals surface area contributed by atoms with Gasteiger partial charge in [0, 0.05) is 12.4 Å². The Morgan fingerprint density at radius 2 is 1.72 bits per heavy atom. The van der Waals surface area contributed by atoms with Crippen molar-refractivity contribution >= 4 is 21.6 Å². The molecule has 0 saturated heterocycles. The fourth-order valence-corrected chi connectivity index (χ4v) is 3.32. The average Bonchev–Trinajstić information content (AvgIpc) is 2.42. The lowest BCUT2D eigenvalue weighted by atomic mass is 9.85. The molecule has 0 unspecified atom stereocenters. The molecule has 3 nitrogen and oxygen atoms in total. The molecular weight excluding hydrogens is 270 g/mol. The van der Waals surface area contributed by atoms with Gasteiger partial charge in [-0.05, 0) is 30.4 Å². The fourth-order valence-electron chi connectivity index (χ4n) is 1.67. The lowest BCUT2D eigenvalue weighted by molar-refractivity contribution is 0.304. The molecule has 0 fully saturated rings. The van der Waals surface area contributed by atoms with Gasteiger partial charge in [0.1, 0.15) is 0 Å². The van der Waals surface area contributed by atoms with Crippen molar-refractivity contribution < 1.29 is 8.42 Å². The van der Waals surface area contributed by atoms with Gasteiger partial charge in [-0.2, -0.15) is 0 Å². The average molecular weight is 290 g/mol. The van der Waals surface area contributed by atoms with Gasteiger partial charge in [-0.15, -0.1) is 11.6 Å². The Bertz CT molecular complexity index is 447. The van der Waals surface area contributed by atoms with E-state index in [1.165, 1.54) is 0 Å². The highest BCUT2D eigenvalue weighted by atomic mass is 35.5. The Kier molecular flexibility index (Phi) is 5.63. The van der Waals surface area contributed by atoms with Crippen LogP contribution in [0.5, 0.6) is 0 Å². The van der Waals surface area contributed by atoms with Crippen molar-refractivity contribution in [1.29, 1.82) is 0 Å². The summed E-state index contributed by atoms with van der Waals surface area (Å²) in [5.41, 5.74) is -0.163. The minimum Gasteiger partial charge on any atom is -0.211 e. The van der Waals surface area contributed by atoms with Crippen LogP contribution >= 0.6 is 11.6 Å². The van der Waals surface area contributed by atoms with E-state index in [-0.39, 0.29) is 5.41 Å². The van der Waals surface area contributed by atoms with Crippen LogP contribution in [-0.2, 0) is 10.0 Å². The van der Waals surface area contributed by atoms with Gasteiger partial charge >= 0.3 is 0 Å². The SMILES string of the molecule is CCC(CC)(CCl)CNS(=O)(=O)c1ccccc1. The highest BCUT2D eigenvalue weighted by molar-refractivity contribution is 7.89. The lowest BCUT2D eigenvalue weighted by Gasteiger charge is -2.29. The summed E-state index contributed by atoms with van der Waals surface area (Å²) in [6, 6.07) is 8.39. The quantitative estimate of drug-likeness (QED) is 0.784. The standard InChI is InChI=1S/C13H20ClNO2S/c1-3-13(4-2,10-14)11-15-18(16,17)12-8-6-5-7-9-12/h5-9,15H,3-4,10-11H2,1-2H3. The van der Waals surface area contributed by atoms with Gasteiger partial charge in [-0.3, -0.25) is 0 Å². The summed E-state index contributed by atoms with van der Waals surface area (Å²) < 4.78 is 26.8. The molecule has 5 heteroatoms. The van der Waals surface area contributed by atoms with Crippen molar-refractivity contribution in [2.75, 3.05) is 12.4 Å². The molecule has 0 amide bonds. The second-order valence-electron chi connectivity index (χ2n) is 4.48. The summed E-state index contributed by atoms with van der Waals surface area (Å²) in [6.45, 7) is 4.44. The number of alkyl halides is 1. The Morgan fingerprint density at radius 3 is 2.17 bits per heavy atom. The maximum absolute atomic E-state index is 12.1. The summed E-state index contributed by atoms with van der Waals surface area (Å²) in [5, 5.41) is 0. The summed E-state index contributed by atoms with van der Waals surface area (Å²) in [7, 11) is -3.43. The molecule has 1 N–H and O–H groups in total. The fraction of sp³-hybridized carbons (Fsp3) is 0.538. The highest BCUT2D eigenvalue weighted by Crippen LogP contribution is 2.27. The molecule has 0 spiro atoms. The Morgan fingerprint density at radius 1 is 1.17 bits per heavy atom. The van der Waals surface area contributed by atoms with Gasteiger partial charge in [-0.25, -0.2) is 13.1 Å². The van der Waals surface area contributed by atoms with Crippen molar-refractivity contribution in [3.05, 3.63) is 30.3 Å². The van der Waals surface area contributed by atoms with E-state index >= 15 is 0 Å². The smallest absolute Gasteiger partial charge is 0.211 e. The zero-order chi connectivity index (χ0) is 13.6. The van der Waals surface area contributed by atoms with Gasteiger partial charge in [0.15, 0.2) is 0 Å². The molecule has 0 atom stereocenters. The van der Waals surface area contributed by atoms with Crippen molar-refractivity contribution in [3.8, 4) is 0 Å². The van der Waals surface area contributed by atoms with Gasteiger partial charge in [0.05, 0.1) is 4.90 Å². The predicted molar refractivity (Wildman–Crippen MR) is 75.4 cm³/mol. The van der Waals surface area contributed by atoms with Crippen LogP contribution in [0.2, 0.25) is 0 Å². The van der Waals surface area contributed by atoms with E-state index < -0.39 is 10.0 Å². The largest absolute Gasteiger partial charge is 0.240 e. The summed E-state index contributed by atoms with van der Waals surface area (Å²) >= 11 is 5.96. The summed E-state index contributed by atoms with van der Waals surface area (Å²) in [4.78, 5) is 0.292. The minimum absolute atomic E-state index is 0.163. The van der Waals surface area contributed by atoms with Crippen molar-refractivity contribution in [2.24, 2.45) is 5.41 Å². The van der Waals surface area contributed by atoms with Crippen LogP contribution in [0.1, 0.15) is 26.7 Å². The molecule has 0 bridgehead atoms. The first-order chi connectivity index (χ1) is 8.49. The van der Waals surface area contributed by atoms with Crippen LogP contribution in [0.4, 0.5) is 0 Å². The summed E-state index contributed by atoms with van der Waals surface area (Å²) in [6.07, 6.45) is 1.70. The third kappa shape index (κ3) is 3.70. The Hall–Kier alpha value is -0.580. The van der Waals surface area contributed by atoms with Crippen LogP contribution in [0, 0.1) is 5.41 Å². The first-order valence-electron chi connectivity index (χ1n) is 6.10. The van der Waals surface area contributed by atoms with Crippen LogP contribution in [0.3, 0.4) is 0 Å². The van der Waals surface area contributed by atoms with E-state index in [2.05, 4.69) is 4.72 Å². The topological polar surface area (TPSA) is 46.2 Å². The zero-order valence-corrected chi connectivity index (χ0v) is 12.4. The second kappa shape index (κ2) is 6.55. The van der Waals surface area contributed by atoms with Crippen molar-refractivity contribution in [2.45, 2.75) is 31.6 Å². The van der Waals surface area contributed by atoms with E-state index in [1.807, 2.05) is 13.8 Å². The molecule has 102 valence electrons.